The molecule has 0 bridgehead atoms. The summed E-state index contributed by atoms with van der Waals surface area (Å²) >= 11 is 10.4. The van der Waals surface area contributed by atoms with Crippen LogP contribution in [0.3, 0.4) is 0 Å². The molecule has 0 radical (unpaired) electrons. The molecule has 1 rings (SSSR count). The van der Waals surface area contributed by atoms with Crippen molar-refractivity contribution in [3.8, 4) is 0 Å². The zero-order valence-corrected chi connectivity index (χ0v) is 12.5. The van der Waals surface area contributed by atoms with E-state index in [-0.39, 0.29) is 0 Å². The normalized spacial score (nSPS) is 10.2. The Balaban J connectivity index is 2.34. The highest BCUT2D eigenvalue weighted by Gasteiger charge is 2.06. The quantitative estimate of drug-likeness (QED) is 0.665. The van der Waals surface area contributed by atoms with Gasteiger partial charge in [-0.2, -0.15) is 0 Å². The molecule has 0 fully saturated rings. The van der Waals surface area contributed by atoms with Gasteiger partial charge < -0.3 is 15.0 Å². The molecule has 3 nitrogen and oxygen atoms in total. The molecule has 1 aromatic rings. The molecule has 6 heteroatoms. The Bertz CT molecular complexity index is 343. The highest BCUT2D eigenvalue weighted by molar-refractivity contribution is 9.10. The van der Waals surface area contributed by atoms with Gasteiger partial charge in [-0.3, -0.25) is 0 Å². The van der Waals surface area contributed by atoms with Crippen LogP contribution in [-0.2, 0) is 11.3 Å². The number of methoxy groups -OCH3 is 1. The first kappa shape index (κ1) is 13.9. The van der Waals surface area contributed by atoms with Gasteiger partial charge in [-0.05, 0) is 34.2 Å². The minimum atomic E-state index is 0.665. The Morgan fingerprint density at radius 3 is 3.00 bits per heavy atom. The Kier molecular flexibility index (Phi) is 6.26. The number of nitrogens with zero attached hydrogens (tertiary/aromatic N) is 1. The summed E-state index contributed by atoms with van der Waals surface area (Å²) in [5.41, 5.74) is 0. The Hall–Kier alpha value is -0.170. The topological polar surface area (TPSA) is 24.5 Å². The molecule has 0 atom stereocenters. The Morgan fingerprint density at radius 2 is 2.44 bits per heavy atom. The van der Waals surface area contributed by atoms with Gasteiger partial charge in [0.15, 0.2) is 5.11 Å². The molecule has 1 N–H and O–H groups in total. The van der Waals surface area contributed by atoms with Crippen LogP contribution < -0.4 is 5.32 Å². The third-order valence-electron chi connectivity index (χ3n) is 1.94. The van der Waals surface area contributed by atoms with E-state index in [1.54, 1.807) is 18.4 Å². The van der Waals surface area contributed by atoms with Gasteiger partial charge in [0, 0.05) is 35.4 Å². The highest BCUT2D eigenvalue weighted by Crippen LogP contribution is 2.20. The summed E-state index contributed by atoms with van der Waals surface area (Å²) in [6.07, 6.45) is 0. The number of rotatable bonds is 5. The van der Waals surface area contributed by atoms with E-state index in [2.05, 4.69) is 32.7 Å². The fourth-order valence-corrected chi connectivity index (χ4v) is 2.81. The Morgan fingerprint density at radius 1 is 1.69 bits per heavy atom. The predicted octanol–water partition coefficient (Wildman–Crippen LogP) is 2.46. The maximum atomic E-state index is 5.25. The molecule has 16 heavy (non-hydrogen) atoms. The molecule has 0 aromatic carbocycles. The maximum absolute atomic E-state index is 5.25. The van der Waals surface area contributed by atoms with Crippen molar-refractivity contribution < 1.29 is 4.74 Å². The summed E-state index contributed by atoms with van der Waals surface area (Å²) in [5.74, 6) is 0. The third kappa shape index (κ3) is 4.78. The van der Waals surface area contributed by atoms with Crippen molar-refractivity contribution in [3.05, 3.63) is 20.8 Å². The van der Waals surface area contributed by atoms with Crippen LogP contribution in [0.4, 0.5) is 0 Å². The van der Waals surface area contributed by atoms with E-state index >= 15 is 0 Å². The van der Waals surface area contributed by atoms with Crippen molar-refractivity contribution in [1.82, 2.24) is 10.2 Å². The van der Waals surface area contributed by atoms with Crippen LogP contribution in [0.2, 0.25) is 0 Å². The van der Waals surface area contributed by atoms with E-state index in [0.29, 0.717) is 6.61 Å². The van der Waals surface area contributed by atoms with Gasteiger partial charge in [0.1, 0.15) is 0 Å². The average molecular weight is 323 g/mol. The van der Waals surface area contributed by atoms with Crippen molar-refractivity contribution in [2.24, 2.45) is 0 Å². The number of halogens is 1. The predicted molar refractivity (Wildman–Crippen MR) is 76.0 cm³/mol. The lowest BCUT2D eigenvalue weighted by Crippen LogP contribution is -2.37. The minimum absolute atomic E-state index is 0.665. The number of hydrogen-bond acceptors (Lipinski definition) is 3. The molecule has 0 aliphatic carbocycles. The van der Waals surface area contributed by atoms with Crippen molar-refractivity contribution in [2.75, 3.05) is 27.3 Å². The third-order valence-corrected chi connectivity index (χ3v) is 4.08. The van der Waals surface area contributed by atoms with E-state index in [1.165, 1.54) is 4.88 Å². The molecule has 0 saturated carbocycles. The number of thiophene rings is 1. The molecular formula is C10H15BrN2OS2. The van der Waals surface area contributed by atoms with Gasteiger partial charge >= 0.3 is 0 Å². The van der Waals surface area contributed by atoms with Crippen molar-refractivity contribution in [3.63, 3.8) is 0 Å². The van der Waals surface area contributed by atoms with Crippen LogP contribution in [0.15, 0.2) is 15.9 Å². The number of thiocarbonyl (C=S) groups is 1. The number of nitrogens with one attached hydrogen (secondary N) is 1. The fourth-order valence-electron chi connectivity index (χ4n) is 1.14. The molecule has 0 saturated heterocycles. The summed E-state index contributed by atoms with van der Waals surface area (Å²) in [6, 6.07) is 2.11. The summed E-state index contributed by atoms with van der Waals surface area (Å²) < 4.78 is 6.07. The minimum Gasteiger partial charge on any atom is -0.383 e. The van der Waals surface area contributed by atoms with Crippen LogP contribution >= 0.6 is 39.5 Å². The lowest BCUT2D eigenvalue weighted by molar-refractivity contribution is 0.203. The lowest BCUT2D eigenvalue weighted by Gasteiger charge is -2.20. The first-order chi connectivity index (χ1) is 7.63. The van der Waals surface area contributed by atoms with E-state index in [1.807, 2.05) is 11.9 Å². The summed E-state index contributed by atoms with van der Waals surface area (Å²) in [7, 11) is 3.66. The number of ether oxygens (including phenoxy) is 1. The van der Waals surface area contributed by atoms with Crippen LogP contribution in [0.5, 0.6) is 0 Å². The first-order valence-corrected chi connectivity index (χ1v) is 6.92. The van der Waals surface area contributed by atoms with Gasteiger partial charge in [0.2, 0.25) is 0 Å². The van der Waals surface area contributed by atoms with Crippen molar-refractivity contribution in [2.45, 2.75) is 6.54 Å². The average Bonchev–Trinajstić information content (AvgIpc) is 2.64. The first-order valence-electron chi connectivity index (χ1n) is 4.84. The van der Waals surface area contributed by atoms with Gasteiger partial charge in [-0.15, -0.1) is 11.3 Å². The molecule has 0 aliphatic heterocycles. The zero-order valence-electron chi connectivity index (χ0n) is 9.33. The molecule has 0 spiro atoms. The smallest absolute Gasteiger partial charge is 0.169 e. The molecule has 0 amide bonds. The van der Waals surface area contributed by atoms with E-state index in [0.717, 1.165) is 22.7 Å². The van der Waals surface area contributed by atoms with Crippen molar-refractivity contribution >= 4 is 44.6 Å². The van der Waals surface area contributed by atoms with Gasteiger partial charge in [-0.1, -0.05) is 0 Å². The highest BCUT2D eigenvalue weighted by atomic mass is 79.9. The summed E-state index contributed by atoms with van der Waals surface area (Å²) in [5, 5.41) is 5.96. The summed E-state index contributed by atoms with van der Waals surface area (Å²) in [6.45, 7) is 2.24. The maximum Gasteiger partial charge on any atom is 0.169 e. The summed E-state index contributed by atoms with van der Waals surface area (Å²) in [4.78, 5) is 3.30. The van der Waals surface area contributed by atoms with Crippen LogP contribution in [0.1, 0.15) is 4.88 Å². The standard InChI is InChI=1S/C10H15BrN2OS2/c1-13(10(15)12-3-4-14-2)6-9-5-8(11)7-16-9/h5,7H,3-4,6H2,1-2H3,(H,12,15). The molecule has 0 unspecified atom stereocenters. The van der Waals surface area contributed by atoms with Crippen molar-refractivity contribution in [1.29, 1.82) is 0 Å². The van der Waals surface area contributed by atoms with Crippen LogP contribution in [0, 0.1) is 0 Å². The molecule has 1 aromatic heterocycles. The molecular weight excluding hydrogens is 308 g/mol. The number of hydrogen-bond donors (Lipinski definition) is 1. The second-order valence-electron chi connectivity index (χ2n) is 3.31. The van der Waals surface area contributed by atoms with E-state index < -0.39 is 0 Å². The van der Waals surface area contributed by atoms with E-state index in [4.69, 9.17) is 17.0 Å². The van der Waals surface area contributed by atoms with Gasteiger partial charge in [0.05, 0.1) is 13.2 Å². The molecule has 90 valence electrons. The largest absolute Gasteiger partial charge is 0.383 e. The lowest BCUT2D eigenvalue weighted by atomic mass is 10.4. The van der Waals surface area contributed by atoms with Gasteiger partial charge in [-0.25, -0.2) is 0 Å². The monoisotopic (exact) mass is 322 g/mol. The molecule has 0 aliphatic rings. The second-order valence-corrected chi connectivity index (χ2v) is 5.61. The van der Waals surface area contributed by atoms with E-state index in [9.17, 15) is 0 Å². The van der Waals surface area contributed by atoms with Gasteiger partial charge in [0.25, 0.3) is 0 Å². The second kappa shape index (κ2) is 7.21. The fraction of sp³-hybridized carbons (Fsp3) is 0.500. The van der Waals surface area contributed by atoms with Crippen LogP contribution in [-0.4, -0.2) is 37.3 Å². The molecule has 1 heterocycles. The SMILES string of the molecule is COCCNC(=S)N(C)Cc1cc(Br)cs1. The Labute approximate surface area is 114 Å². The van der Waals surface area contributed by atoms with Crippen LogP contribution in [0.25, 0.3) is 0 Å². The zero-order chi connectivity index (χ0) is 12.0.